The first-order valence-electron chi connectivity index (χ1n) is 9.33. The zero-order valence-corrected chi connectivity index (χ0v) is 14.2. The van der Waals surface area contributed by atoms with Gasteiger partial charge in [0.25, 0.3) is 0 Å². The highest BCUT2D eigenvalue weighted by atomic mass is 15.4. The van der Waals surface area contributed by atoms with Crippen LogP contribution in [-0.2, 0) is 6.42 Å². The predicted octanol–water partition coefficient (Wildman–Crippen LogP) is 5.09. The summed E-state index contributed by atoms with van der Waals surface area (Å²) in [6, 6.07) is 6.35. The molecule has 1 saturated carbocycles. The van der Waals surface area contributed by atoms with Crippen molar-refractivity contribution in [3.63, 3.8) is 0 Å². The van der Waals surface area contributed by atoms with Gasteiger partial charge in [0.15, 0.2) is 0 Å². The van der Waals surface area contributed by atoms with E-state index in [0.29, 0.717) is 0 Å². The molecular weight excluding hydrogens is 270 g/mol. The minimum Gasteiger partial charge on any atom is -0.306 e. The van der Waals surface area contributed by atoms with E-state index in [4.69, 9.17) is 4.98 Å². The maximum Gasteiger partial charge on any atom is 0.140 e. The van der Waals surface area contributed by atoms with Gasteiger partial charge in [0.05, 0.1) is 0 Å². The van der Waals surface area contributed by atoms with Crippen molar-refractivity contribution in [2.45, 2.75) is 77.6 Å². The molecule has 0 atom stereocenters. The summed E-state index contributed by atoms with van der Waals surface area (Å²) < 4.78 is 0. The summed E-state index contributed by atoms with van der Waals surface area (Å²) in [7, 11) is 0. The lowest BCUT2D eigenvalue weighted by Gasteiger charge is -2.18. The van der Waals surface area contributed by atoms with E-state index in [1.165, 1.54) is 63.5 Å². The molecule has 1 aromatic rings. The van der Waals surface area contributed by atoms with Crippen LogP contribution in [0.5, 0.6) is 0 Å². The maximum absolute atomic E-state index is 4.76. The molecule has 3 nitrogen and oxygen atoms in total. The van der Waals surface area contributed by atoms with E-state index in [1.807, 2.05) is 6.07 Å². The van der Waals surface area contributed by atoms with Crippen LogP contribution in [0.4, 0.5) is 5.82 Å². The van der Waals surface area contributed by atoms with Crippen molar-refractivity contribution < 1.29 is 0 Å². The van der Waals surface area contributed by atoms with Crippen LogP contribution in [0.15, 0.2) is 18.2 Å². The van der Waals surface area contributed by atoms with Crippen LogP contribution >= 0.6 is 0 Å². The Bertz CT molecular complexity index is 395. The number of hydrogen-bond acceptors (Lipinski definition) is 3. The van der Waals surface area contributed by atoms with Crippen LogP contribution in [0.1, 0.15) is 76.8 Å². The molecule has 124 valence electrons. The second-order valence-electron chi connectivity index (χ2n) is 6.69. The molecule has 0 saturated heterocycles. The molecule has 1 aromatic heterocycles. The quantitative estimate of drug-likeness (QED) is 0.567. The fourth-order valence-electron chi connectivity index (χ4n) is 3.34. The lowest BCUT2D eigenvalue weighted by molar-refractivity contribution is 0.384. The van der Waals surface area contributed by atoms with Crippen molar-refractivity contribution >= 4 is 5.82 Å². The molecule has 0 spiro atoms. The zero-order valence-electron chi connectivity index (χ0n) is 14.2. The summed E-state index contributed by atoms with van der Waals surface area (Å²) in [6.45, 7) is 3.13. The molecule has 0 aliphatic heterocycles. The molecule has 0 radical (unpaired) electrons. The molecule has 0 amide bonds. The lowest BCUT2D eigenvalue weighted by atomic mass is 9.89. The van der Waals surface area contributed by atoms with Crippen molar-refractivity contribution in [3.05, 3.63) is 23.9 Å². The molecule has 1 fully saturated rings. The van der Waals surface area contributed by atoms with E-state index in [-0.39, 0.29) is 0 Å². The molecule has 0 aromatic carbocycles. The van der Waals surface area contributed by atoms with Gasteiger partial charge in [-0.2, -0.15) is 0 Å². The van der Waals surface area contributed by atoms with Gasteiger partial charge in [-0.25, -0.2) is 10.4 Å². The third kappa shape index (κ3) is 6.78. The number of nitrogens with one attached hydrogen (secondary N) is 2. The Kier molecular flexibility index (Phi) is 8.32. The summed E-state index contributed by atoms with van der Waals surface area (Å²) in [5.74, 6) is 1.77. The summed E-state index contributed by atoms with van der Waals surface area (Å²) in [4.78, 5) is 4.76. The highest BCUT2D eigenvalue weighted by molar-refractivity contribution is 5.34. The summed E-state index contributed by atoms with van der Waals surface area (Å²) >= 11 is 0. The molecule has 1 heterocycles. The molecule has 2 rings (SSSR count). The Morgan fingerprint density at radius 1 is 1.00 bits per heavy atom. The first kappa shape index (κ1) is 17.3. The molecule has 2 N–H and O–H groups in total. The first-order chi connectivity index (χ1) is 10.9. The van der Waals surface area contributed by atoms with Crippen molar-refractivity contribution in [2.75, 3.05) is 12.0 Å². The van der Waals surface area contributed by atoms with Gasteiger partial charge in [-0.3, -0.25) is 0 Å². The second-order valence-corrected chi connectivity index (χ2v) is 6.69. The van der Waals surface area contributed by atoms with Crippen molar-refractivity contribution in [3.8, 4) is 0 Å². The Morgan fingerprint density at radius 2 is 1.68 bits per heavy atom. The number of nitrogens with zero attached hydrogens (tertiary/aromatic N) is 1. The van der Waals surface area contributed by atoms with E-state index in [2.05, 4.69) is 29.9 Å². The van der Waals surface area contributed by atoms with Gasteiger partial charge in [-0.1, -0.05) is 70.8 Å². The molecule has 1 aliphatic rings. The molecule has 1 aliphatic carbocycles. The predicted molar refractivity (Wildman–Crippen MR) is 94.9 cm³/mol. The summed E-state index contributed by atoms with van der Waals surface area (Å²) in [5, 5.41) is 0. The van der Waals surface area contributed by atoms with E-state index < -0.39 is 0 Å². The number of hydrazine groups is 1. The normalized spacial score (nSPS) is 18.0. The molecule has 0 bridgehead atoms. The number of rotatable bonds is 6. The van der Waals surface area contributed by atoms with Gasteiger partial charge in [-0.05, 0) is 30.9 Å². The highest BCUT2D eigenvalue weighted by Crippen LogP contribution is 2.24. The standard InChI is InChI=1S/C19H33N3/c1-2-15-20-22-19-14-10-13-18(21-19)16-17-11-8-6-4-3-5-7-9-12-17/h10,13-14,17,20H,2-9,11-12,15-16H2,1H3,(H,21,22). The van der Waals surface area contributed by atoms with E-state index >= 15 is 0 Å². The fraction of sp³-hybridized carbons (Fsp3) is 0.737. The van der Waals surface area contributed by atoms with Gasteiger partial charge in [0, 0.05) is 12.2 Å². The third-order valence-electron chi connectivity index (χ3n) is 4.62. The van der Waals surface area contributed by atoms with Gasteiger partial charge >= 0.3 is 0 Å². The van der Waals surface area contributed by atoms with Gasteiger partial charge < -0.3 is 5.43 Å². The smallest absolute Gasteiger partial charge is 0.140 e. The lowest BCUT2D eigenvalue weighted by Crippen LogP contribution is -2.23. The zero-order chi connectivity index (χ0) is 15.5. The Hall–Kier alpha value is -1.09. The Balaban J connectivity index is 1.85. The minimum absolute atomic E-state index is 0.824. The fourth-order valence-corrected chi connectivity index (χ4v) is 3.34. The van der Waals surface area contributed by atoms with E-state index in [0.717, 1.165) is 31.1 Å². The van der Waals surface area contributed by atoms with Crippen LogP contribution in [0.3, 0.4) is 0 Å². The SMILES string of the molecule is CCCNNc1cccc(CC2CCCCCCCCC2)n1. The highest BCUT2D eigenvalue weighted by Gasteiger charge is 2.12. The number of pyridine rings is 1. The van der Waals surface area contributed by atoms with Crippen LogP contribution in [-0.4, -0.2) is 11.5 Å². The number of anilines is 1. The van der Waals surface area contributed by atoms with E-state index in [1.54, 1.807) is 0 Å². The van der Waals surface area contributed by atoms with Crippen molar-refractivity contribution in [1.82, 2.24) is 10.4 Å². The van der Waals surface area contributed by atoms with Gasteiger partial charge in [0.2, 0.25) is 0 Å². The van der Waals surface area contributed by atoms with Crippen LogP contribution in [0.25, 0.3) is 0 Å². The molecule has 3 heteroatoms. The first-order valence-corrected chi connectivity index (χ1v) is 9.33. The van der Waals surface area contributed by atoms with Crippen molar-refractivity contribution in [1.29, 1.82) is 0 Å². The average Bonchev–Trinajstić information content (AvgIpc) is 2.54. The van der Waals surface area contributed by atoms with Gasteiger partial charge in [-0.15, -0.1) is 0 Å². The Morgan fingerprint density at radius 3 is 2.36 bits per heavy atom. The largest absolute Gasteiger partial charge is 0.306 e. The average molecular weight is 303 g/mol. The topological polar surface area (TPSA) is 37.0 Å². The summed E-state index contributed by atoms with van der Waals surface area (Å²) in [5.41, 5.74) is 7.65. The van der Waals surface area contributed by atoms with Crippen LogP contribution < -0.4 is 10.9 Å². The van der Waals surface area contributed by atoms with Crippen LogP contribution in [0.2, 0.25) is 0 Å². The summed E-state index contributed by atoms with van der Waals surface area (Å²) in [6.07, 6.45) is 15.0. The number of hydrogen-bond donors (Lipinski definition) is 2. The van der Waals surface area contributed by atoms with Gasteiger partial charge in [0.1, 0.15) is 5.82 Å². The molecular formula is C19H33N3. The van der Waals surface area contributed by atoms with Crippen LogP contribution in [0, 0.1) is 5.92 Å². The van der Waals surface area contributed by atoms with E-state index in [9.17, 15) is 0 Å². The van der Waals surface area contributed by atoms with Crippen molar-refractivity contribution in [2.24, 2.45) is 5.92 Å². The third-order valence-corrected chi connectivity index (χ3v) is 4.62. The molecule has 0 unspecified atom stereocenters. The second kappa shape index (κ2) is 10.6. The monoisotopic (exact) mass is 303 g/mol. The number of aromatic nitrogens is 1. The maximum atomic E-state index is 4.76. The minimum atomic E-state index is 0.824. The Labute approximate surface area is 136 Å². The molecule has 22 heavy (non-hydrogen) atoms.